The lowest BCUT2D eigenvalue weighted by molar-refractivity contribution is 0.183. The fourth-order valence-corrected chi connectivity index (χ4v) is 3.13. The largest absolute Gasteiger partial charge is 0.330 e. The van der Waals surface area contributed by atoms with Gasteiger partial charge in [-0.05, 0) is 48.4 Å². The van der Waals surface area contributed by atoms with E-state index >= 15 is 0 Å². The Morgan fingerprint density at radius 3 is 2.19 bits per heavy atom. The van der Waals surface area contributed by atoms with Crippen LogP contribution < -0.4 is 5.73 Å². The second-order valence-corrected chi connectivity index (χ2v) is 7.79. The van der Waals surface area contributed by atoms with Crippen LogP contribution in [0.3, 0.4) is 0 Å². The highest BCUT2D eigenvalue weighted by Gasteiger charge is 2.20. The van der Waals surface area contributed by atoms with Gasteiger partial charge in [0.25, 0.3) is 0 Å². The Hall–Kier alpha value is -0.860. The van der Waals surface area contributed by atoms with E-state index in [9.17, 15) is 0 Å². The zero-order valence-corrected chi connectivity index (χ0v) is 14.2. The Kier molecular flexibility index (Phi) is 5.45. The number of nitrogens with two attached hydrogens (primary N) is 1. The maximum absolute atomic E-state index is 6.05. The summed E-state index contributed by atoms with van der Waals surface area (Å²) < 4.78 is 0. The summed E-state index contributed by atoms with van der Waals surface area (Å²) in [6.07, 6.45) is 2.67. The molecular weight excluding hydrogens is 256 g/mol. The van der Waals surface area contributed by atoms with Gasteiger partial charge in [0.2, 0.25) is 0 Å². The van der Waals surface area contributed by atoms with Crippen molar-refractivity contribution in [1.29, 1.82) is 0 Å². The highest BCUT2D eigenvalue weighted by atomic mass is 15.1. The van der Waals surface area contributed by atoms with Crippen molar-refractivity contribution in [3.05, 3.63) is 35.4 Å². The standard InChI is InChI=1S/C19H32N2/c1-15-9-11-21(12-10-15)14-17(13-20)16-5-7-18(8-6-16)19(2,3)4/h5-8,15,17H,9-14,20H2,1-4H3. The minimum absolute atomic E-state index is 0.222. The van der Waals surface area contributed by atoms with E-state index in [1.54, 1.807) is 0 Å². The summed E-state index contributed by atoms with van der Waals surface area (Å²) in [5.74, 6) is 1.36. The van der Waals surface area contributed by atoms with Crippen molar-refractivity contribution in [1.82, 2.24) is 4.90 Å². The average Bonchev–Trinajstić information content (AvgIpc) is 2.46. The molecule has 1 atom stereocenters. The van der Waals surface area contributed by atoms with Gasteiger partial charge in [0.05, 0.1) is 0 Å². The summed E-state index contributed by atoms with van der Waals surface area (Å²) in [7, 11) is 0. The van der Waals surface area contributed by atoms with Gasteiger partial charge in [0.15, 0.2) is 0 Å². The second-order valence-electron chi connectivity index (χ2n) is 7.79. The van der Waals surface area contributed by atoms with Crippen LogP contribution in [0.15, 0.2) is 24.3 Å². The molecule has 21 heavy (non-hydrogen) atoms. The average molecular weight is 288 g/mol. The summed E-state index contributed by atoms with van der Waals surface area (Å²) >= 11 is 0. The Bertz CT molecular complexity index is 422. The Labute approximate surface area is 130 Å². The molecule has 1 aromatic rings. The topological polar surface area (TPSA) is 29.3 Å². The predicted molar refractivity (Wildman–Crippen MR) is 91.8 cm³/mol. The van der Waals surface area contributed by atoms with Crippen LogP contribution in [0.4, 0.5) is 0 Å². The molecule has 0 saturated carbocycles. The van der Waals surface area contributed by atoms with E-state index in [1.165, 1.54) is 37.1 Å². The third-order valence-corrected chi connectivity index (χ3v) is 4.89. The number of piperidine rings is 1. The van der Waals surface area contributed by atoms with Gasteiger partial charge in [-0.3, -0.25) is 0 Å². The molecule has 1 aromatic carbocycles. The SMILES string of the molecule is CC1CCN(CC(CN)c2ccc(C(C)(C)C)cc2)CC1. The molecule has 1 aliphatic heterocycles. The van der Waals surface area contributed by atoms with Gasteiger partial charge in [0, 0.05) is 19.0 Å². The maximum atomic E-state index is 6.05. The van der Waals surface area contributed by atoms with E-state index in [2.05, 4.69) is 56.9 Å². The first kappa shape index (κ1) is 16.5. The molecule has 1 fully saturated rings. The molecule has 1 heterocycles. The molecule has 0 bridgehead atoms. The van der Waals surface area contributed by atoms with Gasteiger partial charge in [-0.25, -0.2) is 0 Å². The van der Waals surface area contributed by atoms with Crippen molar-refractivity contribution < 1.29 is 0 Å². The first-order chi connectivity index (χ1) is 9.90. The summed E-state index contributed by atoms with van der Waals surface area (Å²) in [6.45, 7) is 13.5. The van der Waals surface area contributed by atoms with Crippen molar-refractivity contribution in [2.24, 2.45) is 11.7 Å². The van der Waals surface area contributed by atoms with Gasteiger partial charge in [0.1, 0.15) is 0 Å². The molecule has 2 rings (SSSR count). The van der Waals surface area contributed by atoms with Crippen LogP contribution in [0, 0.1) is 5.92 Å². The first-order valence-corrected chi connectivity index (χ1v) is 8.43. The molecule has 0 aromatic heterocycles. The number of benzene rings is 1. The molecule has 0 aliphatic carbocycles. The summed E-state index contributed by atoms with van der Waals surface area (Å²) in [4.78, 5) is 2.59. The summed E-state index contributed by atoms with van der Waals surface area (Å²) in [5.41, 5.74) is 9.06. The fraction of sp³-hybridized carbons (Fsp3) is 0.684. The number of hydrogen-bond donors (Lipinski definition) is 1. The van der Waals surface area contributed by atoms with Crippen LogP contribution in [0.1, 0.15) is 57.6 Å². The van der Waals surface area contributed by atoms with E-state index in [0.29, 0.717) is 5.92 Å². The quantitative estimate of drug-likeness (QED) is 0.914. The van der Waals surface area contributed by atoms with E-state index in [1.807, 2.05) is 0 Å². The highest BCUT2D eigenvalue weighted by molar-refractivity contribution is 5.30. The van der Waals surface area contributed by atoms with Gasteiger partial charge in [-0.2, -0.15) is 0 Å². The molecule has 2 nitrogen and oxygen atoms in total. The zero-order chi connectivity index (χ0) is 15.5. The highest BCUT2D eigenvalue weighted by Crippen LogP contribution is 2.25. The lowest BCUT2D eigenvalue weighted by Crippen LogP contribution is -2.37. The lowest BCUT2D eigenvalue weighted by Gasteiger charge is -2.33. The Morgan fingerprint density at radius 1 is 1.14 bits per heavy atom. The summed E-state index contributed by atoms with van der Waals surface area (Å²) in [6, 6.07) is 9.11. The molecular formula is C19H32N2. The van der Waals surface area contributed by atoms with Crippen LogP contribution >= 0.6 is 0 Å². The van der Waals surface area contributed by atoms with Gasteiger partial charge < -0.3 is 10.6 Å². The fourth-order valence-electron chi connectivity index (χ4n) is 3.13. The van der Waals surface area contributed by atoms with Gasteiger partial charge >= 0.3 is 0 Å². The maximum Gasteiger partial charge on any atom is 0.00888 e. The molecule has 118 valence electrons. The molecule has 1 aliphatic rings. The minimum Gasteiger partial charge on any atom is -0.330 e. The van der Waals surface area contributed by atoms with Crippen LogP contribution in [0.25, 0.3) is 0 Å². The molecule has 1 unspecified atom stereocenters. The predicted octanol–water partition coefficient (Wildman–Crippen LogP) is 3.76. The molecule has 2 heteroatoms. The van der Waals surface area contributed by atoms with Crippen molar-refractivity contribution in [2.75, 3.05) is 26.2 Å². The third kappa shape index (κ3) is 4.55. The first-order valence-electron chi connectivity index (χ1n) is 8.43. The normalized spacial score (nSPS) is 19.7. The second kappa shape index (κ2) is 6.93. The lowest BCUT2D eigenvalue weighted by atomic mass is 9.85. The van der Waals surface area contributed by atoms with Crippen molar-refractivity contribution in [2.45, 2.75) is 51.9 Å². The number of nitrogens with zero attached hydrogens (tertiary/aromatic N) is 1. The van der Waals surface area contributed by atoms with Crippen LogP contribution in [0.2, 0.25) is 0 Å². The zero-order valence-electron chi connectivity index (χ0n) is 14.2. The van der Waals surface area contributed by atoms with E-state index in [4.69, 9.17) is 5.73 Å². The van der Waals surface area contributed by atoms with Crippen LogP contribution in [0.5, 0.6) is 0 Å². The van der Waals surface area contributed by atoms with E-state index < -0.39 is 0 Å². The Balaban J connectivity index is 2.00. The van der Waals surface area contributed by atoms with Crippen molar-refractivity contribution >= 4 is 0 Å². The van der Waals surface area contributed by atoms with Gasteiger partial charge in [-0.1, -0.05) is 52.0 Å². The smallest absolute Gasteiger partial charge is 0.00888 e. The van der Waals surface area contributed by atoms with Gasteiger partial charge in [-0.15, -0.1) is 0 Å². The summed E-state index contributed by atoms with van der Waals surface area (Å²) in [5, 5.41) is 0. The molecule has 0 radical (unpaired) electrons. The Morgan fingerprint density at radius 2 is 1.71 bits per heavy atom. The molecule has 0 amide bonds. The van der Waals surface area contributed by atoms with Crippen LogP contribution in [-0.4, -0.2) is 31.1 Å². The molecule has 1 saturated heterocycles. The number of likely N-dealkylation sites (tertiary alicyclic amines) is 1. The third-order valence-electron chi connectivity index (χ3n) is 4.89. The van der Waals surface area contributed by atoms with E-state index in [-0.39, 0.29) is 5.41 Å². The molecule has 2 N–H and O–H groups in total. The number of rotatable bonds is 4. The van der Waals surface area contributed by atoms with E-state index in [0.717, 1.165) is 19.0 Å². The van der Waals surface area contributed by atoms with Crippen molar-refractivity contribution in [3.8, 4) is 0 Å². The number of hydrogen-bond acceptors (Lipinski definition) is 2. The monoisotopic (exact) mass is 288 g/mol. The molecule has 0 spiro atoms. The van der Waals surface area contributed by atoms with Crippen molar-refractivity contribution in [3.63, 3.8) is 0 Å². The minimum atomic E-state index is 0.222. The van der Waals surface area contributed by atoms with Crippen LogP contribution in [-0.2, 0) is 5.41 Å².